The number of benzene rings is 1. The zero-order valence-electron chi connectivity index (χ0n) is 13.3. The van der Waals surface area contributed by atoms with Crippen molar-refractivity contribution in [1.29, 1.82) is 0 Å². The van der Waals surface area contributed by atoms with Crippen LogP contribution >= 0.6 is 11.8 Å². The molecule has 0 fully saturated rings. The van der Waals surface area contributed by atoms with E-state index in [-0.39, 0.29) is 16.7 Å². The van der Waals surface area contributed by atoms with E-state index in [1.54, 1.807) is 7.11 Å². The van der Waals surface area contributed by atoms with Gasteiger partial charge in [-0.25, -0.2) is 0 Å². The summed E-state index contributed by atoms with van der Waals surface area (Å²) in [5.41, 5.74) is 5.54. The zero-order chi connectivity index (χ0) is 15.9. The van der Waals surface area contributed by atoms with Gasteiger partial charge in [0.2, 0.25) is 5.91 Å². The molecule has 5 heteroatoms. The highest BCUT2D eigenvalue weighted by Crippen LogP contribution is 2.26. The molecule has 0 saturated carbocycles. The molecule has 118 valence electrons. The van der Waals surface area contributed by atoms with Crippen molar-refractivity contribution in [3.05, 3.63) is 24.3 Å². The van der Waals surface area contributed by atoms with E-state index in [0.29, 0.717) is 6.54 Å². The van der Waals surface area contributed by atoms with Crippen molar-refractivity contribution in [3.63, 3.8) is 0 Å². The fourth-order valence-electron chi connectivity index (χ4n) is 2.04. The number of amides is 1. The van der Waals surface area contributed by atoms with Crippen LogP contribution < -0.4 is 15.8 Å². The molecule has 1 rings (SSSR count). The van der Waals surface area contributed by atoms with Gasteiger partial charge in [0.25, 0.3) is 0 Å². The lowest BCUT2D eigenvalue weighted by Gasteiger charge is -2.32. The molecule has 3 N–H and O–H groups in total. The SMILES string of the molecule is CCC(CC)(CN)NC(=O)C(C)Sc1ccc(OC)cc1. The summed E-state index contributed by atoms with van der Waals surface area (Å²) in [6.07, 6.45) is 1.68. The summed E-state index contributed by atoms with van der Waals surface area (Å²) in [6.45, 7) is 6.48. The van der Waals surface area contributed by atoms with Crippen LogP contribution in [-0.4, -0.2) is 30.4 Å². The first-order chi connectivity index (χ1) is 10.00. The van der Waals surface area contributed by atoms with Gasteiger partial charge < -0.3 is 15.8 Å². The highest BCUT2D eigenvalue weighted by Gasteiger charge is 2.28. The minimum atomic E-state index is -0.286. The Hall–Kier alpha value is -1.20. The Labute approximate surface area is 131 Å². The van der Waals surface area contributed by atoms with E-state index in [0.717, 1.165) is 23.5 Å². The Morgan fingerprint density at radius 2 is 1.90 bits per heavy atom. The molecule has 0 radical (unpaired) electrons. The van der Waals surface area contributed by atoms with Gasteiger partial charge in [0, 0.05) is 11.4 Å². The van der Waals surface area contributed by atoms with Gasteiger partial charge in [-0.3, -0.25) is 4.79 Å². The number of hydrogen-bond acceptors (Lipinski definition) is 4. The molecule has 1 aromatic rings. The van der Waals surface area contributed by atoms with Crippen LogP contribution in [0.2, 0.25) is 0 Å². The zero-order valence-corrected chi connectivity index (χ0v) is 14.1. The second-order valence-corrected chi connectivity index (χ2v) is 6.53. The van der Waals surface area contributed by atoms with Crippen LogP contribution in [0.1, 0.15) is 33.6 Å². The smallest absolute Gasteiger partial charge is 0.233 e. The van der Waals surface area contributed by atoms with Crippen LogP contribution in [0.3, 0.4) is 0 Å². The van der Waals surface area contributed by atoms with Gasteiger partial charge in [0.1, 0.15) is 5.75 Å². The van der Waals surface area contributed by atoms with Gasteiger partial charge in [-0.2, -0.15) is 0 Å². The molecular weight excluding hydrogens is 284 g/mol. The minimum absolute atomic E-state index is 0.0324. The molecule has 21 heavy (non-hydrogen) atoms. The van der Waals surface area contributed by atoms with Crippen LogP contribution in [-0.2, 0) is 4.79 Å². The Morgan fingerprint density at radius 1 is 1.33 bits per heavy atom. The number of thioether (sulfide) groups is 1. The molecule has 0 bridgehead atoms. The average Bonchev–Trinajstić information content (AvgIpc) is 2.53. The van der Waals surface area contributed by atoms with Crippen molar-refractivity contribution in [1.82, 2.24) is 5.32 Å². The van der Waals surface area contributed by atoms with Crippen LogP contribution in [0.15, 0.2) is 29.2 Å². The van der Waals surface area contributed by atoms with E-state index < -0.39 is 0 Å². The number of nitrogens with two attached hydrogens (primary N) is 1. The van der Waals surface area contributed by atoms with E-state index in [2.05, 4.69) is 19.2 Å². The quantitative estimate of drug-likeness (QED) is 0.725. The first-order valence-electron chi connectivity index (χ1n) is 7.33. The fraction of sp³-hybridized carbons (Fsp3) is 0.562. The van der Waals surface area contributed by atoms with Gasteiger partial charge in [-0.15, -0.1) is 11.8 Å². The van der Waals surface area contributed by atoms with Gasteiger partial charge >= 0.3 is 0 Å². The summed E-state index contributed by atoms with van der Waals surface area (Å²) in [5, 5.41) is 2.95. The fourth-order valence-corrected chi connectivity index (χ4v) is 2.91. The predicted octanol–water partition coefficient (Wildman–Crippen LogP) is 2.81. The lowest BCUT2D eigenvalue weighted by molar-refractivity contribution is -0.122. The number of nitrogens with one attached hydrogen (secondary N) is 1. The third-order valence-corrected chi connectivity index (χ3v) is 4.99. The van der Waals surface area contributed by atoms with Crippen LogP contribution in [0, 0.1) is 0 Å². The number of carbonyl (C=O) groups is 1. The third kappa shape index (κ3) is 4.93. The average molecular weight is 310 g/mol. The largest absolute Gasteiger partial charge is 0.497 e. The molecule has 0 saturated heterocycles. The Kier molecular flexibility index (Phi) is 7.05. The minimum Gasteiger partial charge on any atom is -0.497 e. The van der Waals surface area contributed by atoms with Crippen molar-refractivity contribution < 1.29 is 9.53 Å². The summed E-state index contributed by atoms with van der Waals surface area (Å²) < 4.78 is 5.13. The Balaban J connectivity index is 2.65. The number of hydrogen-bond donors (Lipinski definition) is 2. The molecule has 0 aliphatic heterocycles. The molecule has 1 aromatic carbocycles. The first-order valence-corrected chi connectivity index (χ1v) is 8.21. The third-order valence-electron chi connectivity index (χ3n) is 3.87. The molecule has 1 atom stereocenters. The van der Waals surface area contributed by atoms with E-state index >= 15 is 0 Å². The maximum atomic E-state index is 12.4. The molecule has 0 aliphatic carbocycles. The molecule has 0 heterocycles. The second kappa shape index (κ2) is 8.29. The molecule has 1 amide bonds. The Morgan fingerprint density at radius 3 is 2.33 bits per heavy atom. The van der Waals surface area contributed by atoms with Crippen molar-refractivity contribution >= 4 is 17.7 Å². The lowest BCUT2D eigenvalue weighted by atomic mass is 9.93. The van der Waals surface area contributed by atoms with Gasteiger partial charge in [0.05, 0.1) is 17.9 Å². The number of carbonyl (C=O) groups excluding carboxylic acids is 1. The van der Waals surface area contributed by atoms with Crippen LogP contribution in [0.25, 0.3) is 0 Å². The van der Waals surface area contributed by atoms with Gasteiger partial charge in [-0.1, -0.05) is 13.8 Å². The first kappa shape index (κ1) is 17.9. The van der Waals surface area contributed by atoms with E-state index in [9.17, 15) is 4.79 Å². The monoisotopic (exact) mass is 310 g/mol. The number of rotatable bonds is 8. The summed E-state index contributed by atoms with van der Waals surface area (Å²) in [4.78, 5) is 13.4. The predicted molar refractivity (Wildman–Crippen MR) is 88.8 cm³/mol. The van der Waals surface area contributed by atoms with Crippen molar-refractivity contribution in [2.75, 3.05) is 13.7 Å². The molecule has 0 aliphatic rings. The van der Waals surface area contributed by atoms with Crippen molar-refractivity contribution in [2.24, 2.45) is 5.73 Å². The van der Waals surface area contributed by atoms with Gasteiger partial charge in [-0.05, 0) is 44.0 Å². The standard InChI is InChI=1S/C16H26N2O2S/c1-5-16(6-2,11-17)18-15(19)12(3)21-14-9-7-13(20-4)8-10-14/h7-10,12H,5-6,11,17H2,1-4H3,(H,18,19). The van der Waals surface area contributed by atoms with Crippen molar-refractivity contribution in [2.45, 2.75) is 49.3 Å². The summed E-state index contributed by atoms with van der Waals surface area (Å²) >= 11 is 1.53. The topological polar surface area (TPSA) is 64.3 Å². The summed E-state index contributed by atoms with van der Waals surface area (Å²) in [5.74, 6) is 0.848. The highest BCUT2D eigenvalue weighted by atomic mass is 32.2. The van der Waals surface area contributed by atoms with Gasteiger partial charge in [0.15, 0.2) is 0 Å². The van der Waals surface area contributed by atoms with E-state index in [1.807, 2.05) is 31.2 Å². The maximum Gasteiger partial charge on any atom is 0.233 e. The summed E-state index contributed by atoms with van der Waals surface area (Å²) in [7, 11) is 1.64. The Bertz CT molecular complexity index is 436. The molecule has 0 spiro atoms. The molecule has 1 unspecified atom stereocenters. The molecular formula is C16H26N2O2S. The molecule has 0 aromatic heterocycles. The van der Waals surface area contributed by atoms with Crippen LogP contribution in [0.5, 0.6) is 5.75 Å². The van der Waals surface area contributed by atoms with E-state index in [4.69, 9.17) is 10.5 Å². The number of methoxy groups -OCH3 is 1. The highest BCUT2D eigenvalue weighted by molar-refractivity contribution is 8.00. The van der Waals surface area contributed by atoms with Crippen LogP contribution in [0.4, 0.5) is 0 Å². The molecule has 4 nitrogen and oxygen atoms in total. The normalized spacial score (nSPS) is 12.8. The number of ether oxygens (including phenoxy) is 1. The van der Waals surface area contributed by atoms with E-state index in [1.165, 1.54) is 11.8 Å². The summed E-state index contributed by atoms with van der Waals surface area (Å²) in [6, 6.07) is 7.72. The second-order valence-electron chi connectivity index (χ2n) is 5.12. The maximum absolute atomic E-state index is 12.4. The lowest BCUT2D eigenvalue weighted by Crippen LogP contribution is -2.54. The van der Waals surface area contributed by atoms with Crippen molar-refractivity contribution in [3.8, 4) is 5.75 Å².